The van der Waals surface area contributed by atoms with Crippen molar-refractivity contribution in [2.24, 2.45) is 0 Å². The van der Waals surface area contributed by atoms with E-state index in [1.807, 2.05) is 6.07 Å². The van der Waals surface area contributed by atoms with Gasteiger partial charge >= 0.3 is 6.18 Å². The maximum Gasteiger partial charge on any atom is 0.416 e. The SMILES string of the molecule is FC(F)(F)c1ccc(Cn2cc(C3CCNCC3)c3ccccc32)cc1. The number of para-hydroxylation sites is 1. The van der Waals surface area contributed by atoms with Crippen molar-refractivity contribution in [3.05, 3.63) is 71.4 Å². The lowest BCUT2D eigenvalue weighted by Crippen LogP contribution is -2.26. The summed E-state index contributed by atoms with van der Waals surface area (Å²) in [5.41, 5.74) is 2.76. The zero-order chi connectivity index (χ0) is 18.1. The summed E-state index contributed by atoms with van der Waals surface area (Å²) in [6.45, 7) is 2.63. The predicted molar refractivity (Wildman–Crippen MR) is 97.3 cm³/mol. The van der Waals surface area contributed by atoms with Crippen LogP contribution in [0.2, 0.25) is 0 Å². The molecule has 3 aromatic rings. The molecule has 1 aromatic heterocycles. The monoisotopic (exact) mass is 358 g/mol. The molecule has 1 aliphatic rings. The van der Waals surface area contributed by atoms with E-state index in [0.29, 0.717) is 12.5 Å². The third kappa shape index (κ3) is 3.36. The van der Waals surface area contributed by atoms with Gasteiger partial charge in [0.15, 0.2) is 0 Å². The molecule has 0 amide bonds. The molecular weight excluding hydrogens is 337 g/mol. The van der Waals surface area contributed by atoms with Gasteiger partial charge < -0.3 is 9.88 Å². The number of hydrogen-bond donors (Lipinski definition) is 1. The Bertz CT molecular complexity index is 888. The van der Waals surface area contributed by atoms with Crippen LogP contribution in [0.3, 0.4) is 0 Å². The van der Waals surface area contributed by atoms with Crippen molar-refractivity contribution < 1.29 is 13.2 Å². The van der Waals surface area contributed by atoms with E-state index in [0.717, 1.165) is 49.1 Å². The third-order valence-corrected chi connectivity index (χ3v) is 5.23. The average Bonchev–Trinajstić information content (AvgIpc) is 3.01. The molecule has 5 heteroatoms. The second-order valence-corrected chi connectivity index (χ2v) is 6.95. The topological polar surface area (TPSA) is 17.0 Å². The second kappa shape index (κ2) is 6.80. The second-order valence-electron chi connectivity index (χ2n) is 6.95. The van der Waals surface area contributed by atoms with E-state index in [2.05, 4.69) is 34.3 Å². The molecule has 1 fully saturated rings. The normalized spacial score (nSPS) is 16.3. The Morgan fingerprint density at radius 1 is 0.962 bits per heavy atom. The molecule has 0 aliphatic carbocycles. The van der Waals surface area contributed by atoms with Crippen LogP contribution in [0, 0.1) is 0 Å². The average molecular weight is 358 g/mol. The van der Waals surface area contributed by atoms with Gasteiger partial charge in [-0.15, -0.1) is 0 Å². The Balaban J connectivity index is 1.66. The van der Waals surface area contributed by atoms with E-state index >= 15 is 0 Å². The standard InChI is InChI=1S/C21H21F3N2/c22-21(23,24)17-7-5-15(6-8-17)13-26-14-19(16-9-11-25-12-10-16)18-3-1-2-4-20(18)26/h1-8,14,16,25H,9-13H2. The Labute approximate surface area is 150 Å². The largest absolute Gasteiger partial charge is 0.416 e. The van der Waals surface area contributed by atoms with Crippen molar-refractivity contribution in [3.8, 4) is 0 Å². The van der Waals surface area contributed by atoms with Gasteiger partial charge in [-0.1, -0.05) is 30.3 Å². The number of aromatic nitrogens is 1. The summed E-state index contributed by atoms with van der Waals surface area (Å²) in [4.78, 5) is 0. The van der Waals surface area contributed by atoms with Crippen molar-refractivity contribution in [2.75, 3.05) is 13.1 Å². The molecule has 0 spiro atoms. The van der Waals surface area contributed by atoms with Crippen LogP contribution in [-0.4, -0.2) is 17.7 Å². The van der Waals surface area contributed by atoms with Gasteiger partial charge in [-0.3, -0.25) is 0 Å². The fraction of sp³-hybridized carbons (Fsp3) is 0.333. The maximum atomic E-state index is 12.8. The van der Waals surface area contributed by atoms with Crippen molar-refractivity contribution in [1.29, 1.82) is 0 Å². The Kier molecular flexibility index (Phi) is 4.49. The summed E-state index contributed by atoms with van der Waals surface area (Å²) < 4.78 is 40.4. The molecule has 0 atom stereocenters. The van der Waals surface area contributed by atoms with Crippen LogP contribution in [0.5, 0.6) is 0 Å². The maximum absolute atomic E-state index is 12.8. The molecule has 4 rings (SSSR count). The van der Waals surface area contributed by atoms with Crippen molar-refractivity contribution in [2.45, 2.75) is 31.5 Å². The Morgan fingerprint density at radius 2 is 1.65 bits per heavy atom. The minimum atomic E-state index is -4.29. The van der Waals surface area contributed by atoms with Gasteiger partial charge in [0.25, 0.3) is 0 Å². The fourth-order valence-corrected chi connectivity index (χ4v) is 3.86. The van der Waals surface area contributed by atoms with Gasteiger partial charge in [0.2, 0.25) is 0 Å². The summed E-state index contributed by atoms with van der Waals surface area (Å²) in [5, 5.41) is 4.65. The molecule has 0 radical (unpaired) electrons. The highest BCUT2D eigenvalue weighted by molar-refractivity contribution is 5.84. The van der Waals surface area contributed by atoms with Gasteiger partial charge in [0.1, 0.15) is 0 Å². The number of nitrogens with one attached hydrogen (secondary N) is 1. The first-order chi connectivity index (χ1) is 12.5. The number of benzene rings is 2. The van der Waals surface area contributed by atoms with Crippen molar-refractivity contribution >= 4 is 10.9 Å². The number of rotatable bonds is 3. The van der Waals surface area contributed by atoms with Gasteiger partial charge in [-0.05, 0) is 61.2 Å². The predicted octanol–water partition coefficient (Wildman–Crippen LogP) is 5.18. The van der Waals surface area contributed by atoms with Gasteiger partial charge in [0, 0.05) is 23.6 Å². The van der Waals surface area contributed by atoms with Crippen LogP contribution < -0.4 is 5.32 Å². The molecule has 0 bridgehead atoms. The molecular formula is C21H21F3N2. The van der Waals surface area contributed by atoms with Gasteiger partial charge in [0.05, 0.1) is 5.56 Å². The van der Waals surface area contributed by atoms with Crippen molar-refractivity contribution in [1.82, 2.24) is 9.88 Å². The number of nitrogens with zero attached hydrogens (tertiary/aromatic N) is 1. The summed E-state index contributed by atoms with van der Waals surface area (Å²) in [7, 11) is 0. The zero-order valence-corrected chi connectivity index (χ0v) is 14.4. The van der Waals surface area contributed by atoms with E-state index in [1.165, 1.54) is 10.9 Å². The number of piperidine rings is 1. The molecule has 0 unspecified atom stereocenters. The summed E-state index contributed by atoms with van der Waals surface area (Å²) in [6, 6.07) is 13.8. The van der Waals surface area contributed by atoms with E-state index in [-0.39, 0.29) is 0 Å². The van der Waals surface area contributed by atoms with Crippen LogP contribution in [-0.2, 0) is 12.7 Å². The quantitative estimate of drug-likeness (QED) is 0.683. The molecule has 1 N–H and O–H groups in total. The summed E-state index contributed by atoms with van der Waals surface area (Å²) in [6.07, 6.45) is 0.141. The molecule has 136 valence electrons. The first kappa shape index (κ1) is 17.2. The van der Waals surface area contributed by atoms with E-state index in [1.54, 1.807) is 12.1 Å². The Hall–Kier alpha value is -2.27. The minimum absolute atomic E-state index is 0.537. The van der Waals surface area contributed by atoms with E-state index in [4.69, 9.17) is 0 Å². The third-order valence-electron chi connectivity index (χ3n) is 5.23. The number of hydrogen-bond acceptors (Lipinski definition) is 1. The van der Waals surface area contributed by atoms with Crippen LogP contribution in [0.25, 0.3) is 10.9 Å². The lowest BCUT2D eigenvalue weighted by Gasteiger charge is -2.22. The molecule has 0 saturated carbocycles. The van der Waals surface area contributed by atoms with Gasteiger partial charge in [-0.25, -0.2) is 0 Å². The highest BCUT2D eigenvalue weighted by Crippen LogP contribution is 2.34. The highest BCUT2D eigenvalue weighted by Gasteiger charge is 2.30. The zero-order valence-electron chi connectivity index (χ0n) is 14.4. The first-order valence-corrected chi connectivity index (χ1v) is 8.97. The van der Waals surface area contributed by atoms with Crippen molar-refractivity contribution in [3.63, 3.8) is 0 Å². The number of fused-ring (bicyclic) bond motifs is 1. The molecule has 2 heterocycles. The van der Waals surface area contributed by atoms with Crippen LogP contribution in [0.15, 0.2) is 54.7 Å². The minimum Gasteiger partial charge on any atom is -0.343 e. The summed E-state index contributed by atoms with van der Waals surface area (Å²) >= 11 is 0. The van der Waals surface area contributed by atoms with Gasteiger partial charge in [-0.2, -0.15) is 13.2 Å². The lowest BCUT2D eigenvalue weighted by atomic mass is 9.90. The highest BCUT2D eigenvalue weighted by atomic mass is 19.4. The van der Waals surface area contributed by atoms with Crippen LogP contribution >= 0.6 is 0 Å². The van der Waals surface area contributed by atoms with Crippen LogP contribution in [0.4, 0.5) is 13.2 Å². The first-order valence-electron chi connectivity index (χ1n) is 8.97. The summed E-state index contributed by atoms with van der Waals surface area (Å²) in [5.74, 6) is 0.537. The number of alkyl halides is 3. The van der Waals surface area contributed by atoms with E-state index < -0.39 is 11.7 Å². The number of halogens is 3. The molecule has 26 heavy (non-hydrogen) atoms. The van der Waals surface area contributed by atoms with Crippen LogP contribution in [0.1, 0.15) is 35.4 Å². The van der Waals surface area contributed by atoms with E-state index in [9.17, 15) is 13.2 Å². The lowest BCUT2D eigenvalue weighted by molar-refractivity contribution is -0.137. The smallest absolute Gasteiger partial charge is 0.343 e. The Morgan fingerprint density at radius 3 is 2.35 bits per heavy atom. The molecule has 1 saturated heterocycles. The fourth-order valence-electron chi connectivity index (χ4n) is 3.86. The molecule has 1 aliphatic heterocycles. The molecule has 2 nitrogen and oxygen atoms in total. The molecule has 2 aromatic carbocycles.